The molecule has 0 aromatic carbocycles. The Hall–Kier alpha value is -1.62. The normalized spacial score (nSPS) is 16.7. The Morgan fingerprint density at radius 3 is 2.76 bits per heavy atom. The lowest BCUT2D eigenvalue weighted by molar-refractivity contribution is -0.139. The van der Waals surface area contributed by atoms with Crippen molar-refractivity contribution in [2.75, 3.05) is 19.6 Å². The van der Waals surface area contributed by atoms with Crippen molar-refractivity contribution in [2.45, 2.75) is 13.0 Å². The van der Waals surface area contributed by atoms with E-state index in [1.807, 2.05) is 6.07 Å². The maximum atomic E-state index is 11.4. The number of aromatic nitrogens is 1. The van der Waals surface area contributed by atoms with Gasteiger partial charge in [0.2, 0.25) is 0 Å². The zero-order valence-corrected chi connectivity index (χ0v) is 9.58. The molecule has 0 amide bonds. The maximum absolute atomic E-state index is 11.4. The van der Waals surface area contributed by atoms with Crippen LogP contribution in [0.5, 0.6) is 0 Å². The highest BCUT2D eigenvalue weighted by Gasteiger charge is 2.27. The fraction of sp³-hybridized carbons (Fsp3) is 0.500. The summed E-state index contributed by atoms with van der Waals surface area (Å²) in [6.45, 7) is 3.13. The van der Waals surface area contributed by atoms with Crippen LogP contribution in [-0.4, -0.2) is 40.2 Å². The van der Waals surface area contributed by atoms with Crippen molar-refractivity contribution < 1.29 is 9.90 Å². The molecule has 17 heavy (non-hydrogen) atoms. The van der Waals surface area contributed by atoms with E-state index in [9.17, 15) is 9.59 Å². The standard InChI is InChI=1S/C12H16N2O3/c15-11-3-1-2-4-14(11)6-5-13-8-10(9-13)7-12(16)17/h1-4,10H,5-9H2,(H,16,17). The molecule has 2 heterocycles. The zero-order valence-electron chi connectivity index (χ0n) is 9.58. The zero-order chi connectivity index (χ0) is 12.3. The number of carboxylic acids is 1. The van der Waals surface area contributed by atoms with Gasteiger partial charge in [0.15, 0.2) is 0 Å². The molecule has 2 rings (SSSR count). The van der Waals surface area contributed by atoms with Gasteiger partial charge in [-0.25, -0.2) is 0 Å². The largest absolute Gasteiger partial charge is 0.481 e. The molecule has 92 valence electrons. The van der Waals surface area contributed by atoms with E-state index < -0.39 is 5.97 Å². The predicted octanol–water partition coefficient (Wildman–Crippen LogP) is 0.255. The molecule has 0 bridgehead atoms. The van der Waals surface area contributed by atoms with Crippen LogP contribution in [0.2, 0.25) is 0 Å². The summed E-state index contributed by atoms with van der Waals surface area (Å²) in [6.07, 6.45) is 2.03. The molecule has 1 aromatic heterocycles. The first-order chi connectivity index (χ1) is 8.15. The van der Waals surface area contributed by atoms with E-state index in [4.69, 9.17) is 5.11 Å². The van der Waals surface area contributed by atoms with Gasteiger partial charge in [-0.3, -0.25) is 9.59 Å². The molecule has 0 saturated carbocycles. The van der Waals surface area contributed by atoms with E-state index in [1.165, 1.54) is 0 Å². The Morgan fingerprint density at radius 2 is 2.12 bits per heavy atom. The van der Waals surface area contributed by atoms with Gasteiger partial charge in [-0.2, -0.15) is 0 Å². The summed E-state index contributed by atoms with van der Waals surface area (Å²) in [5, 5.41) is 8.62. The van der Waals surface area contributed by atoms with Crippen molar-refractivity contribution in [3.8, 4) is 0 Å². The first kappa shape index (κ1) is 11.9. The lowest BCUT2D eigenvalue weighted by Crippen LogP contribution is -2.48. The van der Waals surface area contributed by atoms with Crippen molar-refractivity contribution in [3.63, 3.8) is 0 Å². The van der Waals surface area contributed by atoms with Crippen LogP contribution in [0.1, 0.15) is 6.42 Å². The van der Waals surface area contributed by atoms with Crippen LogP contribution in [0.3, 0.4) is 0 Å². The summed E-state index contributed by atoms with van der Waals surface area (Å²) < 4.78 is 1.67. The molecular formula is C12H16N2O3. The number of hydrogen-bond donors (Lipinski definition) is 1. The maximum Gasteiger partial charge on any atom is 0.303 e. The SMILES string of the molecule is O=C(O)CC1CN(CCn2ccccc2=O)C1. The van der Waals surface area contributed by atoms with Crippen molar-refractivity contribution in [3.05, 3.63) is 34.7 Å². The van der Waals surface area contributed by atoms with Gasteiger partial charge in [-0.05, 0) is 12.0 Å². The number of rotatable bonds is 5. The second-order valence-corrected chi connectivity index (χ2v) is 4.46. The van der Waals surface area contributed by atoms with E-state index in [2.05, 4.69) is 4.90 Å². The van der Waals surface area contributed by atoms with Crippen molar-refractivity contribution in [1.82, 2.24) is 9.47 Å². The third-order valence-corrected chi connectivity index (χ3v) is 3.05. The monoisotopic (exact) mass is 236 g/mol. The van der Waals surface area contributed by atoms with Crippen LogP contribution in [0.15, 0.2) is 29.2 Å². The van der Waals surface area contributed by atoms with Gasteiger partial charge in [0, 0.05) is 38.4 Å². The van der Waals surface area contributed by atoms with Crippen molar-refractivity contribution in [2.24, 2.45) is 5.92 Å². The molecule has 1 saturated heterocycles. The molecule has 5 heteroatoms. The summed E-state index contributed by atoms with van der Waals surface area (Å²) in [4.78, 5) is 24.1. The number of carboxylic acid groups (broad SMARTS) is 1. The highest BCUT2D eigenvalue weighted by atomic mass is 16.4. The first-order valence-electron chi connectivity index (χ1n) is 5.75. The van der Waals surface area contributed by atoms with Crippen LogP contribution in [-0.2, 0) is 11.3 Å². The van der Waals surface area contributed by atoms with Crippen LogP contribution in [0, 0.1) is 5.92 Å². The summed E-state index contributed by atoms with van der Waals surface area (Å²) in [7, 11) is 0. The molecule has 0 spiro atoms. The Bertz CT molecular complexity index is 449. The minimum Gasteiger partial charge on any atom is -0.481 e. The fourth-order valence-corrected chi connectivity index (χ4v) is 2.13. The van der Waals surface area contributed by atoms with Gasteiger partial charge in [-0.15, -0.1) is 0 Å². The lowest BCUT2D eigenvalue weighted by atomic mass is 9.96. The Kier molecular flexibility index (Phi) is 3.58. The Labute approximate surface area is 99.3 Å². The number of hydrogen-bond acceptors (Lipinski definition) is 3. The predicted molar refractivity (Wildman–Crippen MR) is 62.9 cm³/mol. The molecule has 1 aromatic rings. The average Bonchev–Trinajstić information content (AvgIpc) is 2.23. The van der Waals surface area contributed by atoms with E-state index in [-0.39, 0.29) is 17.9 Å². The highest BCUT2D eigenvalue weighted by Crippen LogP contribution is 2.18. The molecule has 1 aliphatic heterocycles. The second-order valence-electron chi connectivity index (χ2n) is 4.46. The number of pyridine rings is 1. The highest BCUT2D eigenvalue weighted by molar-refractivity contribution is 5.67. The second kappa shape index (κ2) is 5.14. The molecule has 0 aliphatic carbocycles. The third kappa shape index (κ3) is 3.17. The van der Waals surface area contributed by atoms with Crippen molar-refractivity contribution in [1.29, 1.82) is 0 Å². The smallest absolute Gasteiger partial charge is 0.303 e. The molecule has 1 N–H and O–H groups in total. The number of aliphatic carboxylic acids is 1. The first-order valence-corrected chi connectivity index (χ1v) is 5.75. The van der Waals surface area contributed by atoms with Crippen LogP contribution in [0.25, 0.3) is 0 Å². The van der Waals surface area contributed by atoms with E-state index in [0.29, 0.717) is 6.54 Å². The summed E-state index contributed by atoms with van der Waals surface area (Å²) in [5.41, 5.74) is 0.00936. The summed E-state index contributed by atoms with van der Waals surface area (Å²) >= 11 is 0. The van der Waals surface area contributed by atoms with E-state index in [1.54, 1.807) is 22.9 Å². The topological polar surface area (TPSA) is 62.5 Å². The van der Waals surface area contributed by atoms with Gasteiger partial charge in [-0.1, -0.05) is 6.07 Å². The molecule has 5 nitrogen and oxygen atoms in total. The molecule has 1 aliphatic rings. The molecule has 0 atom stereocenters. The molecule has 0 unspecified atom stereocenters. The van der Waals surface area contributed by atoms with E-state index >= 15 is 0 Å². The third-order valence-electron chi connectivity index (χ3n) is 3.05. The summed E-state index contributed by atoms with van der Waals surface area (Å²) in [6, 6.07) is 5.11. The van der Waals surface area contributed by atoms with Gasteiger partial charge in [0.25, 0.3) is 5.56 Å². The average molecular weight is 236 g/mol. The number of carbonyl (C=O) groups is 1. The van der Waals surface area contributed by atoms with Crippen LogP contribution < -0.4 is 5.56 Å². The minimum absolute atomic E-state index is 0.00936. The Morgan fingerprint density at radius 1 is 1.35 bits per heavy atom. The number of nitrogens with zero attached hydrogens (tertiary/aromatic N) is 2. The van der Waals surface area contributed by atoms with Gasteiger partial charge in [0.05, 0.1) is 6.42 Å². The van der Waals surface area contributed by atoms with Crippen LogP contribution in [0.4, 0.5) is 0 Å². The van der Waals surface area contributed by atoms with Gasteiger partial charge in [0.1, 0.15) is 0 Å². The quantitative estimate of drug-likeness (QED) is 0.796. The van der Waals surface area contributed by atoms with Gasteiger partial charge >= 0.3 is 5.97 Å². The van der Waals surface area contributed by atoms with Gasteiger partial charge < -0.3 is 14.6 Å². The lowest BCUT2D eigenvalue weighted by Gasteiger charge is -2.38. The molecular weight excluding hydrogens is 220 g/mol. The Balaban J connectivity index is 1.73. The van der Waals surface area contributed by atoms with E-state index in [0.717, 1.165) is 19.6 Å². The minimum atomic E-state index is -0.728. The fourth-order valence-electron chi connectivity index (χ4n) is 2.13. The number of likely N-dealkylation sites (tertiary alicyclic amines) is 1. The summed E-state index contributed by atoms with van der Waals surface area (Å²) in [5.74, 6) is -0.450. The van der Waals surface area contributed by atoms with Crippen molar-refractivity contribution >= 4 is 5.97 Å². The molecule has 1 fully saturated rings. The van der Waals surface area contributed by atoms with Crippen LogP contribution >= 0.6 is 0 Å². The molecule has 0 radical (unpaired) electrons.